The van der Waals surface area contributed by atoms with Gasteiger partial charge in [-0.3, -0.25) is 0 Å². The lowest BCUT2D eigenvalue weighted by molar-refractivity contribution is -0.139. The van der Waals surface area contributed by atoms with Gasteiger partial charge in [-0.05, 0) is 29.7 Å². The molecule has 1 aromatic rings. The predicted molar refractivity (Wildman–Crippen MR) is 65.8 cm³/mol. The highest BCUT2D eigenvalue weighted by Gasteiger charge is 2.11. The molecule has 4 heteroatoms. The maximum atomic E-state index is 12.9. The third kappa shape index (κ3) is 4.38. The minimum Gasteiger partial charge on any atom is -0.461 e. The van der Waals surface area contributed by atoms with Crippen LogP contribution in [0.3, 0.4) is 0 Å². The third-order valence-electron chi connectivity index (χ3n) is 2.05. The first-order valence-corrected chi connectivity index (χ1v) is 5.57. The van der Waals surface area contributed by atoms with Gasteiger partial charge >= 0.3 is 5.97 Å². The Labute approximate surface area is 105 Å². The summed E-state index contributed by atoms with van der Waals surface area (Å²) >= 11 is 0. The van der Waals surface area contributed by atoms with E-state index >= 15 is 0 Å². The lowest BCUT2D eigenvalue weighted by atomic mass is 10.1. The minimum atomic E-state index is -0.685. The highest BCUT2D eigenvalue weighted by Crippen LogP contribution is 2.10. The number of hydrogen-bond acceptors (Lipinski definition) is 3. The van der Waals surface area contributed by atoms with Gasteiger partial charge in [0.25, 0.3) is 0 Å². The molecule has 18 heavy (non-hydrogen) atoms. The van der Waals surface area contributed by atoms with Crippen LogP contribution in [0.2, 0.25) is 0 Å². The number of carbonyl (C=O) groups excluding carboxylic acids is 1. The Morgan fingerprint density at radius 3 is 2.83 bits per heavy atom. The van der Waals surface area contributed by atoms with Gasteiger partial charge in [-0.1, -0.05) is 26.0 Å². The zero-order valence-electron chi connectivity index (χ0n) is 10.3. The number of hydrogen-bond donors (Lipinski definition) is 0. The molecule has 0 radical (unpaired) electrons. The summed E-state index contributed by atoms with van der Waals surface area (Å²) in [4.78, 5) is 11.6. The molecule has 0 aliphatic rings. The molecular formula is C14H14FNO2. The van der Waals surface area contributed by atoms with E-state index in [-0.39, 0.29) is 18.1 Å². The van der Waals surface area contributed by atoms with Gasteiger partial charge in [0.2, 0.25) is 0 Å². The first-order chi connectivity index (χ1) is 8.52. The molecule has 0 spiro atoms. The summed E-state index contributed by atoms with van der Waals surface area (Å²) in [7, 11) is 0. The van der Waals surface area contributed by atoms with Crippen molar-refractivity contribution >= 4 is 12.0 Å². The van der Waals surface area contributed by atoms with E-state index in [0.29, 0.717) is 5.56 Å². The van der Waals surface area contributed by atoms with E-state index < -0.39 is 11.8 Å². The summed E-state index contributed by atoms with van der Waals surface area (Å²) in [5, 5.41) is 8.88. The van der Waals surface area contributed by atoms with E-state index in [2.05, 4.69) is 0 Å². The summed E-state index contributed by atoms with van der Waals surface area (Å²) in [5.41, 5.74) is 0.314. The number of esters is 1. The van der Waals surface area contributed by atoms with Crippen molar-refractivity contribution in [3.05, 3.63) is 41.2 Å². The van der Waals surface area contributed by atoms with Crippen molar-refractivity contribution in [1.29, 1.82) is 5.26 Å². The van der Waals surface area contributed by atoms with Crippen LogP contribution in [0, 0.1) is 23.1 Å². The number of nitrogens with zero attached hydrogens (tertiary/aromatic N) is 1. The second-order valence-electron chi connectivity index (χ2n) is 4.22. The van der Waals surface area contributed by atoms with Crippen LogP contribution >= 0.6 is 0 Å². The van der Waals surface area contributed by atoms with Crippen LogP contribution in [0.15, 0.2) is 29.8 Å². The van der Waals surface area contributed by atoms with Crippen LogP contribution in [0.1, 0.15) is 19.4 Å². The Kier molecular flexibility index (Phi) is 5.06. The summed E-state index contributed by atoms with van der Waals surface area (Å²) in [6, 6.07) is 7.41. The molecule has 1 aromatic carbocycles. The van der Waals surface area contributed by atoms with E-state index in [9.17, 15) is 9.18 Å². The molecule has 0 amide bonds. The first-order valence-electron chi connectivity index (χ1n) is 5.57. The van der Waals surface area contributed by atoms with Crippen molar-refractivity contribution < 1.29 is 13.9 Å². The summed E-state index contributed by atoms with van der Waals surface area (Å²) < 4.78 is 17.9. The Morgan fingerprint density at radius 1 is 1.56 bits per heavy atom. The van der Waals surface area contributed by atoms with Gasteiger partial charge in [0.05, 0.1) is 6.61 Å². The Balaban J connectivity index is 2.83. The van der Waals surface area contributed by atoms with Gasteiger partial charge in [-0.15, -0.1) is 0 Å². The smallest absolute Gasteiger partial charge is 0.348 e. The molecule has 0 aliphatic heterocycles. The number of halogens is 1. The van der Waals surface area contributed by atoms with Crippen molar-refractivity contribution in [2.75, 3.05) is 6.61 Å². The molecule has 0 N–H and O–H groups in total. The SMILES string of the molecule is CC(C)COC(=O)C(C#N)=Cc1cccc(F)c1. The van der Waals surface area contributed by atoms with Crippen LogP contribution in [0.25, 0.3) is 6.08 Å². The van der Waals surface area contributed by atoms with Crippen LogP contribution in [0.4, 0.5) is 4.39 Å². The lowest BCUT2D eigenvalue weighted by Gasteiger charge is -2.06. The van der Waals surface area contributed by atoms with Crippen molar-refractivity contribution in [1.82, 2.24) is 0 Å². The Bertz CT molecular complexity index is 501. The Morgan fingerprint density at radius 2 is 2.28 bits per heavy atom. The van der Waals surface area contributed by atoms with Crippen molar-refractivity contribution in [3.63, 3.8) is 0 Å². The normalized spacial score (nSPS) is 11.2. The molecule has 94 valence electrons. The highest BCUT2D eigenvalue weighted by atomic mass is 19.1. The van der Waals surface area contributed by atoms with Crippen molar-refractivity contribution in [3.8, 4) is 6.07 Å². The Hall–Kier alpha value is -2.15. The molecule has 0 aromatic heterocycles. The van der Waals surface area contributed by atoms with E-state index in [4.69, 9.17) is 10.00 Å². The minimum absolute atomic E-state index is 0.138. The maximum Gasteiger partial charge on any atom is 0.348 e. The standard InChI is InChI=1S/C14H14FNO2/c1-10(2)9-18-14(17)12(8-16)6-11-4-3-5-13(15)7-11/h3-7,10H,9H2,1-2H3. The molecule has 0 heterocycles. The summed E-state index contributed by atoms with van der Waals surface area (Å²) in [6.07, 6.45) is 1.31. The average Bonchev–Trinajstić information content (AvgIpc) is 2.33. The molecule has 0 aliphatic carbocycles. The van der Waals surface area contributed by atoms with Gasteiger partial charge < -0.3 is 4.74 Å². The lowest BCUT2D eigenvalue weighted by Crippen LogP contribution is -2.11. The molecule has 0 bridgehead atoms. The number of rotatable bonds is 4. The summed E-state index contributed by atoms with van der Waals surface area (Å²) in [5.74, 6) is -0.907. The van der Waals surface area contributed by atoms with Crippen molar-refractivity contribution in [2.24, 2.45) is 5.92 Å². The quantitative estimate of drug-likeness (QED) is 0.467. The zero-order valence-corrected chi connectivity index (χ0v) is 10.3. The zero-order chi connectivity index (χ0) is 13.5. The van der Waals surface area contributed by atoms with Crippen molar-refractivity contribution in [2.45, 2.75) is 13.8 Å². The summed E-state index contributed by atoms with van der Waals surface area (Å²) in [6.45, 7) is 4.05. The fourth-order valence-electron chi connectivity index (χ4n) is 1.22. The molecule has 0 atom stereocenters. The predicted octanol–water partition coefficient (Wildman–Crippen LogP) is 2.93. The molecule has 0 fully saturated rings. The largest absolute Gasteiger partial charge is 0.461 e. The van der Waals surface area contributed by atoms with E-state index in [1.165, 1.54) is 24.3 Å². The van der Waals surface area contributed by atoms with Crippen LogP contribution < -0.4 is 0 Å². The third-order valence-corrected chi connectivity index (χ3v) is 2.05. The van der Waals surface area contributed by atoms with Gasteiger partial charge in [0.15, 0.2) is 0 Å². The van der Waals surface area contributed by atoms with E-state index in [1.807, 2.05) is 13.8 Å². The fourth-order valence-corrected chi connectivity index (χ4v) is 1.22. The second kappa shape index (κ2) is 6.55. The van der Waals surface area contributed by atoms with Gasteiger partial charge in [0, 0.05) is 0 Å². The van der Waals surface area contributed by atoms with Gasteiger partial charge in [0.1, 0.15) is 17.5 Å². The van der Waals surface area contributed by atoms with Gasteiger partial charge in [-0.25, -0.2) is 9.18 Å². The molecule has 0 unspecified atom stereocenters. The maximum absolute atomic E-state index is 12.9. The average molecular weight is 247 g/mol. The number of carbonyl (C=O) groups is 1. The van der Waals surface area contributed by atoms with Crippen LogP contribution in [-0.4, -0.2) is 12.6 Å². The van der Waals surface area contributed by atoms with Crippen LogP contribution in [-0.2, 0) is 9.53 Å². The number of nitriles is 1. The fraction of sp³-hybridized carbons (Fsp3) is 0.286. The number of benzene rings is 1. The molecule has 0 saturated carbocycles. The molecule has 0 saturated heterocycles. The molecular weight excluding hydrogens is 233 g/mol. The first kappa shape index (κ1) is 13.9. The topological polar surface area (TPSA) is 50.1 Å². The monoisotopic (exact) mass is 247 g/mol. The highest BCUT2D eigenvalue weighted by molar-refractivity contribution is 5.97. The number of ether oxygens (including phenoxy) is 1. The van der Waals surface area contributed by atoms with Gasteiger partial charge in [-0.2, -0.15) is 5.26 Å². The molecule has 1 rings (SSSR count). The van der Waals surface area contributed by atoms with E-state index in [1.54, 1.807) is 12.1 Å². The second-order valence-corrected chi connectivity index (χ2v) is 4.22. The van der Waals surface area contributed by atoms with Crippen LogP contribution in [0.5, 0.6) is 0 Å². The van der Waals surface area contributed by atoms with E-state index in [0.717, 1.165) is 0 Å². The molecule has 3 nitrogen and oxygen atoms in total.